The van der Waals surface area contributed by atoms with E-state index in [9.17, 15) is 9.59 Å². The molecular weight excluding hydrogens is 322 g/mol. The lowest BCUT2D eigenvalue weighted by Crippen LogP contribution is -2.57. The molecule has 2 amide bonds. The van der Waals surface area contributed by atoms with Crippen LogP contribution in [0.1, 0.15) is 52.9 Å². The Balaban J connectivity index is 1.67. The largest absolute Gasteiger partial charge is 0.480 e. The molecule has 2 atom stereocenters. The van der Waals surface area contributed by atoms with Gasteiger partial charge in [-0.1, -0.05) is 20.8 Å². The summed E-state index contributed by atoms with van der Waals surface area (Å²) in [6, 6.07) is 0.455. The monoisotopic (exact) mass is 355 g/mol. The first-order chi connectivity index (χ1) is 11.9. The van der Waals surface area contributed by atoms with Crippen molar-refractivity contribution in [3.05, 3.63) is 0 Å². The lowest BCUT2D eigenvalue weighted by molar-refractivity contribution is -0.139. The zero-order valence-corrected chi connectivity index (χ0v) is 15.7. The molecule has 0 aromatic carbocycles. The predicted molar refractivity (Wildman–Crippen MR) is 95.6 cm³/mol. The van der Waals surface area contributed by atoms with E-state index in [4.69, 9.17) is 9.84 Å². The molecule has 3 N–H and O–H groups in total. The van der Waals surface area contributed by atoms with Gasteiger partial charge in [0.1, 0.15) is 0 Å². The second-order valence-electron chi connectivity index (χ2n) is 7.74. The average Bonchev–Trinajstić information content (AvgIpc) is 2.48. The number of carbonyl (C=O) groups is 2. The first-order valence-corrected chi connectivity index (χ1v) is 9.51. The van der Waals surface area contributed by atoms with Crippen molar-refractivity contribution < 1.29 is 19.4 Å². The van der Waals surface area contributed by atoms with Gasteiger partial charge in [-0.3, -0.25) is 9.69 Å². The molecule has 25 heavy (non-hydrogen) atoms. The number of hydrogen-bond donors (Lipinski definition) is 3. The Kier molecular flexibility index (Phi) is 7.50. The molecule has 0 aromatic heterocycles. The van der Waals surface area contributed by atoms with Gasteiger partial charge in [-0.25, -0.2) is 4.79 Å². The SMILES string of the molecule is CCN(CC(=O)O)C1CC(NC(=O)NC2CCOC(CC(C)C)C2)C1. The van der Waals surface area contributed by atoms with E-state index in [-0.39, 0.29) is 36.8 Å². The highest BCUT2D eigenvalue weighted by atomic mass is 16.5. The molecule has 7 heteroatoms. The number of rotatable bonds is 8. The summed E-state index contributed by atoms with van der Waals surface area (Å²) in [5, 5.41) is 15.0. The minimum atomic E-state index is -0.800. The highest BCUT2D eigenvalue weighted by molar-refractivity contribution is 5.74. The number of amides is 2. The van der Waals surface area contributed by atoms with E-state index in [1.165, 1.54) is 0 Å². The van der Waals surface area contributed by atoms with Crippen LogP contribution >= 0.6 is 0 Å². The van der Waals surface area contributed by atoms with Crippen LogP contribution in [0.5, 0.6) is 0 Å². The number of likely N-dealkylation sites (N-methyl/N-ethyl adjacent to an activating group) is 1. The number of nitrogens with zero attached hydrogens (tertiary/aromatic N) is 1. The van der Waals surface area contributed by atoms with Crippen molar-refractivity contribution in [1.29, 1.82) is 0 Å². The van der Waals surface area contributed by atoms with Crippen molar-refractivity contribution in [2.24, 2.45) is 5.92 Å². The molecule has 0 aromatic rings. The molecule has 0 bridgehead atoms. The second kappa shape index (κ2) is 9.38. The molecule has 7 nitrogen and oxygen atoms in total. The van der Waals surface area contributed by atoms with Gasteiger partial charge >= 0.3 is 12.0 Å². The zero-order chi connectivity index (χ0) is 18.4. The van der Waals surface area contributed by atoms with Gasteiger partial charge in [0.05, 0.1) is 12.6 Å². The van der Waals surface area contributed by atoms with Crippen LogP contribution in [-0.4, -0.2) is 65.9 Å². The molecule has 1 heterocycles. The van der Waals surface area contributed by atoms with Gasteiger partial charge in [0.15, 0.2) is 0 Å². The Bertz CT molecular complexity index is 452. The van der Waals surface area contributed by atoms with E-state index in [2.05, 4.69) is 24.5 Å². The molecule has 0 spiro atoms. The number of hydrogen-bond acceptors (Lipinski definition) is 4. The minimum Gasteiger partial charge on any atom is -0.480 e. The number of urea groups is 1. The number of carboxylic acid groups (broad SMARTS) is 1. The van der Waals surface area contributed by atoms with Crippen LogP contribution in [0.2, 0.25) is 0 Å². The summed E-state index contributed by atoms with van der Waals surface area (Å²) < 4.78 is 5.77. The second-order valence-corrected chi connectivity index (χ2v) is 7.74. The molecule has 0 radical (unpaired) electrons. The van der Waals surface area contributed by atoms with Crippen molar-refractivity contribution in [3.63, 3.8) is 0 Å². The summed E-state index contributed by atoms with van der Waals surface area (Å²) in [6.07, 6.45) is 4.64. The van der Waals surface area contributed by atoms with E-state index in [1.807, 2.05) is 11.8 Å². The smallest absolute Gasteiger partial charge is 0.317 e. The minimum absolute atomic E-state index is 0.0688. The Morgan fingerprint density at radius 2 is 1.88 bits per heavy atom. The van der Waals surface area contributed by atoms with Gasteiger partial charge in [-0.2, -0.15) is 0 Å². The maximum atomic E-state index is 12.2. The number of nitrogens with one attached hydrogen (secondary N) is 2. The zero-order valence-electron chi connectivity index (χ0n) is 15.7. The normalized spacial score (nSPS) is 29.3. The van der Waals surface area contributed by atoms with Gasteiger partial charge in [-0.05, 0) is 44.6 Å². The molecular formula is C18H33N3O4. The van der Waals surface area contributed by atoms with Crippen LogP contribution in [0.25, 0.3) is 0 Å². The standard InChI is InChI=1S/C18H33N3O4/c1-4-21(11-17(22)23)15-8-14(9-15)20-18(24)19-13-5-6-25-16(10-13)7-12(2)3/h12-16H,4-11H2,1-3H3,(H,22,23)(H2,19,20,24). The fraction of sp³-hybridized carbons (Fsp3) is 0.889. The Morgan fingerprint density at radius 3 is 2.48 bits per heavy atom. The van der Waals surface area contributed by atoms with E-state index < -0.39 is 5.97 Å². The third-order valence-electron chi connectivity index (χ3n) is 5.15. The molecule has 1 saturated carbocycles. The highest BCUT2D eigenvalue weighted by Crippen LogP contribution is 2.25. The Hall–Kier alpha value is -1.34. The summed E-state index contributed by atoms with van der Waals surface area (Å²) in [7, 11) is 0. The Labute approximate surface area is 150 Å². The number of carbonyl (C=O) groups excluding carboxylic acids is 1. The molecule has 2 fully saturated rings. The van der Waals surface area contributed by atoms with Crippen LogP contribution in [0.4, 0.5) is 4.79 Å². The summed E-state index contributed by atoms with van der Waals surface area (Å²) in [6.45, 7) is 7.83. The summed E-state index contributed by atoms with van der Waals surface area (Å²) in [5.41, 5.74) is 0. The summed E-state index contributed by atoms with van der Waals surface area (Å²) in [5.74, 6) is -0.205. The molecule has 2 unspecified atom stereocenters. The maximum Gasteiger partial charge on any atom is 0.317 e. The molecule has 2 rings (SSSR count). The van der Waals surface area contributed by atoms with E-state index >= 15 is 0 Å². The lowest BCUT2D eigenvalue weighted by Gasteiger charge is -2.42. The van der Waals surface area contributed by atoms with Crippen LogP contribution in [0, 0.1) is 5.92 Å². The van der Waals surface area contributed by atoms with Crippen molar-refractivity contribution in [1.82, 2.24) is 15.5 Å². The van der Waals surface area contributed by atoms with Crippen molar-refractivity contribution in [2.45, 2.75) is 77.1 Å². The fourth-order valence-corrected chi connectivity index (χ4v) is 3.79. The van der Waals surface area contributed by atoms with Crippen LogP contribution in [0.3, 0.4) is 0 Å². The third kappa shape index (κ3) is 6.47. The number of ether oxygens (including phenoxy) is 1. The van der Waals surface area contributed by atoms with E-state index in [0.717, 1.165) is 38.6 Å². The van der Waals surface area contributed by atoms with Gasteiger partial charge in [0.2, 0.25) is 0 Å². The molecule has 1 aliphatic heterocycles. The third-order valence-corrected chi connectivity index (χ3v) is 5.15. The summed E-state index contributed by atoms with van der Waals surface area (Å²) >= 11 is 0. The molecule has 144 valence electrons. The summed E-state index contributed by atoms with van der Waals surface area (Å²) in [4.78, 5) is 25.0. The number of carboxylic acids is 1. The van der Waals surface area contributed by atoms with Crippen molar-refractivity contribution in [3.8, 4) is 0 Å². The van der Waals surface area contributed by atoms with Crippen LogP contribution in [-0.2, 0) is 9.53 Å². The molecule has 1 aliphatic carbocycles. The van der Waals surface area contributed by atoms with Gasteiger partial charge in [0, 0.05) is 24.7 Å². The first-order valence-electron chi connectivity index (χ1n) is 9.51. The van der Waals surface area contributed by atoms with Crippen LogP contribution in [0.15, 0.2) is 0 Å². The topological polar surface area (TPSA) is 90.9 Å². The quantitative estimate of drug-likeness (QED) is 0.618. The maximum absolute atomic E-state index is 12.2. The molecule has 2 aliphatic rings. The van der Waals surface area contributed by atoms with E-state index in [0.29, 0.717) is 12.5 Å². The lowest BCUT2D eigenvalue weighted by atomic mass is 9.85. The van der Waals surface area contributed by atoms with Gasteiger partial charge in [-0.15, -0.1) is 0 Å². The Morgan fingerprint density at radius 1 is 1.20 bits per heavy atom. The van der Waals surface area contributed by atoms with Crippen molar-refractivity contribution >= 4 is 12.0 Å². The van der Waals surface area contributed by atoms with Gasteiger partial charge in [0.25, 0.3) is 0 Å². The average molecular weight is 355 g/mol. The van der Waals surface area contributed by atoms with Gasteiger partial charge < -0.3 is 20.5 Å². The molecule has 1 saturated heterocycles. The van der Waals surface area contributed by atoms with Crippen molar-refractivity contribution in [2.75, 3.05) is 19.7 Å². The van der Waals surface area contributed by atoms with E-state index in [1.54, 1.807) is 0 Å². The highest BCUT2D eigenvalue weighted by Gasteiger charge is 2.35. The predicted octanol–water partition coefficient (Wildman–Crippen LogP) is 1.82. The number of aliphatic carboxylic acids is 1. The first kappa shape index (κ1) is 20.0. The van der Waals surface area contributed by atoms with Crippen LogP contribution < -0.4 is 10.6 Å². The fourth-order valence-electron chi connectivity index (χ4n) is 3.79.